The summed E-state index contributed by atoms with van der Waals surface area (Å²) >= 11 is 1.37. The zero-order chi connectivity index (χ0) is 17.9. The maximum absolute atomic E-state index is 12.4. The van der Waals surface area contributed by atoms with Crippen molar-refractivity contribution in [1.29, 1.82) is 0 Å². The van der Waals surface area contributed by atoms with Crippen molar-refractivity contribution in [2.45, 2.75) is 11.3 Å². The first kappa shape index (κ1) is 16.7. The lowest BCUT2D eigenvalue weighted by atomic mass is 10.2. The molecule has 7 nitrogen and oxygen atoms in total. The van der Waals surface area contributed by atoms with Gasteiger partial charge in [0.05, 0.1) is 12.3 Å². The molecule has 0 unspecified atom stereocenters. The molecule has 0 N–H and O–H groups in total. The van der Waals surface area contributed by atoms with Crippen molar-refractivity contribution in [2.24, 2.45) is 0 Å². The van der Waals surface area contributed by atoms with Crippen LogP contribution in [0, 0.1) is 0 Å². The molecule has 134 valence electrons. The van der Waals surface area contributed by atoms with Crippen LogP contribution in [0.25, 0.3) is 5.65 Å². The zero-order valence-corrected chi connectivity index (χ0v) is 15.1. The number of hydrogen-bond acceptors (Lipinski definition) is 6. The van der Waals surface area contributed by atoms with Gasteiger partial charge in [-0.2, -0.15) is 0 Å². The summed E-state index contributed by atoms with van der Waals surface area (Å²) in [6.45, 7) is 0.894. The van der Waals surface area contributed by atoms with Gasteiger partial charge in [-0.3, -0.25) is 9.20 Å². The molecule has 4 rings (SSSR count). The van der Waals surface area contributed by atoms with Gasteiger partial charge in [0.15, 0.2) is 28.4 Å². The second kappa shape index (κ2) is 7.25. The lowest BCUT2D eigenvalue weighted by molar-refractivity contribution is -0.128. The average Bonchev–Trinajstić information content (AvgIpc) is 3.09. The Bertz CT molecular complexity index is 929. The van der Waals surface area contributed by atoms with Gasteiger partial charge in [0.1, 0.15) is 6.61 Å². The number of carbonyl (C=O) groups is 1. The summed E-state index contributed by atoms with van der Waals surface area (Å²) in [5.74, 6) is 1.75. The molecule has 1 aromatic carbocycles. The molecule has 0 spiro atoms. The smallest absolute Gasteiger partial charge is 0.232 e. The first-order valence-electron chi connectivity index (χ1n) is 8.26. The van der Waals surface area contributed by atoms with E-state index in [0.29, 0.717) is 24.1 Å². The van der Waals surface area contributed by atoms with Gasteiger partial charge in [0.2, 0.25) is 5.91 Å². The Morgan fingerprint density at radius 1 is 1.23 bits per heavy atom. The van der Waals surface area contributed by atoms with Gasteiger partial charge in [-0.1, -0.05) is 30.0 Å². The standard InChI is InChI=1S/C18H18N4O3S/c1-21(10-13-11-24-14-6-2-3-7-15(14)25-13)17(23)12-26-18-20-19-16-8-4-5-9-22(16)18/h2-9,13H,10-12H2,1H3/t13-/m0/s1. The number of aromatic nitrogens is 3. The van der Waals surface area contributed by atoms with Gasteiger partial charge in [0, 0.05) is 13.2 Å². The number of likely N-dealkylation sites (N-methyl/N-ethyl adjacent to an activating group) is 1. The minimum absolute atomic E-state index is 0.00476. The molecule has 3 aromatic rings. The topological polar surface area (TPSA) is 69.0 Å². The predicted octanol–water partition coefficient (Wildman–Crippen LogP) is 2.12. The van der Waals surface area contributed by atoms with Crippen molar-refractivity contribution in [1.82, 2.24) is 19.5 Å². The highest BCUT2D eigenvalue weighted by Crippen LogP contribution is 2.31. The molecular weight excluding hydrogens is 352 g/mol. The summed E-state index contributed by atoms with van der Waals surface area (Å²) < 4.78 is 13.5. The number of hydrogen-bond donors (Lipinski definition) is 0. The van der Waals surface area contributed by atoms with E-state index >= 15 is 0 Å². The number of carbonyl (C=O) groups excluding carboxylic acids is 1. The van der Waals surface area contributed by atoms with E-state index in [2.05, 4.69) is 10.2 Å². The van der Waals surface area contributed by atoms with Crippen LogP contribution in [-0.4, -0.2) is 57.5 Å². The van der Waals surface area contributed by atoms with Gasteiger partial charge in [-0.15, -0.1) is 10.2 Å². The number of pyridine rings is 1. The molecule has 0 saturated heterocycles. The number of benzene rings is 1. The van der Waals surface area contributed by atoms with E-state index in [9.17, 15) is 4.79 Å². The molecule has 8 heteroatoms. The molecule has 0 saturated carbocycles. The number of ether oxygens (including phenoxy) is 2. The third-order valence-corrected chi connectivity index (χ3v) is 5.01. The third kappa shape index (κ3) is 3.45. The van der Waals surface area contributed by atoms with Crippen LogP contribution in [0.15, 0.2) is 53.8 Å². The Labute approximate surface area is 154 Å². The molecule has 1 atom stereocenters. The highest BCUT2D eigenvalue weighted by atomic mass is 32.2. The lowest BCUT2D eigenvalue weighted by Crippen LogP contribution is -2.42. The fraction of sp³-hybridized carbons (Fsp3) is 0.278. The summed E-state index contributed by atoms with van der Waals surface area (Å²) in [5, 5.41) is 8.92. The maximum atomic E-state index is 12.4. The second-order valence-electron chi connectivity index (χ2n) is 5.97. The van der Waals surface area contributed by atoms with Crippen molar-refractivity contribution < 1.29 is 14.3 Å². The number of amides is 1. The van der Waals surface area contributed by atoms with Gasteiger partial charge >= 0.3 is 0 Å². The molecule has 2 aromatic heterocycles. The average molecular weight is 370 g/mol. The molecule has 1 amide bonds. The molecule has 0 aliphatic carbocycles. The van der Waals surface area contributed by atoms with Gasteiger partial charge in [-0.25, -0.2) is 0 Å². The van der Waals surface area contributed by atoms with Crippen molar-refractivity contribution >= 4 is 23.3 Å². The van der Waals surface area contributed by atoms with E-state index < -0.39 is 0 Å². The molecule has 1 aliphatic heterocycles. The second-order valence-corrected chi connectivity index (χ2v) is 6.91. The summed E-state index contributed by atoms with van der Waals surface area (Å²) in [4.78, 5) is 14.1. The summed E-state index contributed by atoms with van der Waals surface area (Å²) in [6.07, 6.45) is 1.70. The lowest BCUT2D eigenvalue weighted by Gasteiger charge is -2.29. The quantitative estimate of drug-likeness (QED) is 0.641. The summed E-state index contributed by atoms with van der Waals surface area (Å²) in [5.41, 5.74) is 0.766. The molecule has 0 bridgehead atoms. The Balaban J connectivity index is 1.32. The molecule has 3 heterocycles. The molecule has 1 aliphatic rings. The van der Waals surface area contributed by atoms with Crippen LogP contribution in [0.4, 0.5) is 0 Å². The third-order valence-electron chi connectivity index (χ3n) is 4.08. The molecular formula is C18H18N4O3S. The molecule has 0 fully saturated rings. The van der Waals surface area contributed by atoms with Crippen molar-refractivity contribution in [3.8, 4) is 11.5 Å². The number of fused-ring (bicyclic) bond motifs is 2. The maximum Gasteiger partial charge on any atom is 0.232 e. The number of para-hydroxylation sites is 2. The van der Waals surface area contributed by atoms with Crippen molar-refractivity contribution in [2.75, 3.05) is 26.0 Å². The monoisotopic (exact) mass is 370 g/mol. The van der Waals surface area contributed by atoms with Crippen LogP contribution in [-0.2, 0) is 4.79 Å². The first-order chi connectivity index (χ1) is 12.7. The summed E-state index contributed by atoms with van der Waals surface area (Å²) in [6, 6.07) is 13.2. The first-order valence-corrected chi connectivity index (χ1v) is 9.24. The molecule has 26 heavy (non-hydrogen) atoms. The van der Waals surface area contributed by atoms with Crippen molar-refractivity contribution in [3.63, 3.8) is 0 Å². The Morgan fingerprint density at radius 2 is 2.04 bits per heavy atom. The van der Waals surface area contributed by atoms with Gasteiger partial charge in [-0.05, 0) is 24.3 Å². The van der Waals surface area contributed by atoms with Crippen LogP contribution in [0.3, 0.4) is 0 Å². The van der Waals surface area contributed by atoms with E-state index in [1.807, 2.05) is 53.1 Å². The van der Waals surface area contributed by atoms with Crippen LogP contribution in [0.2, 0.25) is 0 Å². The number of nitrogens with zero attached hydrogens (tertiary/aromatic N) is 4. The van der Waals surface area contributed by atoms with Gasteiger partial charge in [0.25, 0.3) is 0 Å². The van der Waals surface area contributed by atoms with Crippen LogP contribution in [0.1, 0.15) is 0 Å². The minimum atomic E-state index is -0.183. The van der Waals surface area contributed by atoms with E-state index in [-0.39, 0.29) is 17.8 Å². The van der Waals surface area contributed by atoms with Crippen LogP contribution in [0.5, 0.6) is 11.5 Å². The van der Waals surface area contributed by atoms with E-state index in [0.717, 1.165) is 11.4 Å². The normalized spacial score (nSPS) is 15.8. The Hall–Kier alpha value is -2.74. The number of rotatable bonds is 5. The Kier molecular flexibility index (Phi) is 4.66. The van der Waals surface area contributed by atoms with E-state index in [1.54, 1.807) is 11.9 Å². The minimum Gasteiger partial charge on any atom is -0.486 e. The van der Waals surface area contributed by atoms with Crippen LogP contribution < -0.4 is 9.47 Å². The van der Waals surface area contributed by atoms with Gasteiger partial charge < -0.3 is 14.4 Å². The number of thioether (sulfide) groups is 1. The van der Waals surface area contributed by atoms with E-state index in [4.69, 9.17) is 9.47 Å². The Morgan fingerprint density at radius 3 is 2.92 bits per heavy atom. The predicted molar refractivity (Wildman–Crippen MR) is 97.7 cm³/mol. The SMILES string of the molecule is CN(C[C@H]1COc2ccccc2O1)C(=O)CSc1nnc2ccccn12. The van der Waals surface area contributed by atoms with Crippen LogP contribution >= 0.6 is 11.8 Å². The summed E-state index contributed by atoms with van der Waals surface area (Å²) in [7, 11) is 1.77. The zero-order valence-electron chi connectivity index (χ0n) is 14.2. The fourth-order valence-corrected chi connectivity index (χ4v) is 3.58. The largest absolute Gasteiger partial charge is 0.486 e. The molecule has 0 radical (unpaired) electrons. The van der Waals surface area contributed by atoms with E-state index in [1.165, 1.54) is 11.8 Å². The highest BCUT2D eigenvalue weighted by Gasteiger charge is 2.24. The fourth-order valence-electron chi connectivity index (χ4n) is 2.71. The van der Waals surface area contributed by atoms with Crippen molar-refractivity contribution in [3.05, 3.63) is 48.7 Å². The highest BCUT2D eigenvalue weighted by molar-refractivity contribution is 7.99.